The van der Waals surface area contributed by atoms with E-state index in [4.69, 9.17) is 21.1 Å². The van der Waals surface area contributed by atoms with Gasteiger partial charge in [0.2, 0.25) is 0 Å². The van der Waals surface area contributed by atoms with Crippen molar-refractivity contribution in [3.05, 3.63) is 40.3 Å². The number of allylic oxidation sites excluding steroid dienone is 1. The number of nitrogens with zero attached hydrogens (tertiary/aromatic N) is 1. The molecule has 2 saturated heterocycles. The predicted molar refractivity (Wildman–Crippen MR) is 133 cm³/mol. The summed E-state index contributed by atoms with van der Waals surface area (Å²) in [5, 5.41) is 0.982. The molecule has 0 N–H and O–H groups in total. The van der Waals surface area contributed by atoms with E-state index in [-0.39, 0.29) is 24.6 Å². The number of rotatable bonds is 5. The van der Waals surface area contributed by atoms with Crippen molar-refractivity contribution < 1.29 is 19.1 Å². The molecule has 3 aliphatic rings. The average Bonchev–Trinajstić information content (AvgIpc) is 3.33. The van der Waals surface area contributed by atoms with Crippen LogP contribution in [0.3, 0.4) is 0 Å². The number of benzene rings is 1. The highest BCUT2D eigenvalue weighted by atomic mass is 35.5. The second kappa shape index (κ2) is 11.7. The van der Waals surface area contributed by atoms with Crippen molar-refractivity contribution in [2.45, 2.75) is 76.9 Å². The van der Waals surface area contributed by atoms with E-state index in [1.807, 2.05) is 6.08 Å². The lowest BCUT2D eigenvalue weighted by Gasteiger charge is -2.25. The molecule has 2 aliphatic heterocycles. The van der Waals surface area contributed by atoms with Crippen molar-refractivity contribution >= 4 is 45.8 Å². The molecule has 33 heavy (non-hydrogen) atoms. The van der Waals surface area contributed by atoms with Gasteiger partial charge in [0, 0.05) is 5.02 Å². The Morgan fingerprint density at radius 1 is 1.18 bits per heavy atom. The van der Waals surface area contributed by atoms with Gasteiger partial charge in [-0.25, -0.2) is 4.99 Å². The molecule has 0 amide bonds. The first-order valence-corrected chi connectivity index (χ1v) is 13.3. The van der Waals surface area contributed by atoms with Gasteiger partial charge in [-0.2, -0.15) is 0 Å². The first kappa shape index (κ1) is 24.5. The minimum Gasteiger partial charge on any atom is -0.465 e. The second-order valence-electron chi connectivity index (χ2n) is 9.01. The Labute approximate surface area is 205 Å². The summed E-state index contributed by atoms with van der Waals surface area (Å²) in [5.74, 6) is -1.22. The quantitative estimate of drug-likeness (QED) is 0.263. The number of ketones is 1. The van der Waals surface area contributed by atoms with E-state index < -0.39 is 11.9 Å². The second-order valence-corrected chi connectivity index (χ2v) is 10.5. The van der Waals surface area contributed by atoms with Gasteiger partial charge < -0.3 is 9.47 Å². The number of thioether (sulfide) groups is 1. The fourth-order valence-electron chi connectivity index (χ4n) is 4.97. The lowest BCUT2D eigenvalue weighted by molar-refractivity contribution is -0.147. The maximum Gasteiger partial charge on any atom is 0.323 e. The maximum atomic E-state index is 13.2. The van der Waals surface area contributed by atoms with E-state index in [1.54, 1.807) is 31.2 Å². The van der Waals surface area contributed by atoms with E-state index in [2.05, 4.69) is 4.99 Å². The third-order valence-electron chi connectivity index (χ3n) is 6.63. The molecule has 178 valence electrons. The Balaban J connectivity index is 1.50. The first-order valence-electron chi connectivity index (χ1n) is 12.1. The SMILES string of the molecule is CCOC(=O)C1C(=O)/C(=C/C2CCC(C3CCCCCCC3)O2)SC1=Nc1cccc(Cl)c1. The van der Waals surface area contributed by atoms with Gasteiger partial charge in [-0.1, -0.05) is 61.5 Å². The maximum absolute atomic E-state index is 13.2. The van der Waals surface area contributed by atoms with Crippen LogP contribution in [0.1, 0.15) is 64.7 Å². The summed E-state index contributed by atoms with van der Waals surface area (Å²) in [7, 11) is 0. The first-order chi connectivity index (χ1) is 16.0. The number of aliphatic imine (C=N–C) groups is 1. The molecule has 1 aromatic rings. The van der Waals surface area contributed by atoms with Crippen LogP contribution < -0.4 is 0 Å². The number of hydrogen-bond acceptors (Lipinski definition) is 6. The Morgan fingerprint density at radius 2 is 1.94 bits per heavy atom. The average molecular weight is 490 g/mol. The summed E-state index contributed by atoms with van der Waals surface area (Å²) in [6.07, 6.45) is 13.1. The lowest BCUT2D eigenvalue weighted by Crippen LogP contribution is -2.27. The zero-order valence-corrected chi connectivity index (χ0v) is 20.7. The van der Waals surface area contributed by atoms with Crippen molar-refractivity contribution in [2.75, 3.05) is 6.61 Å². The third kappa shape index (κ3) is 6.28. The largest absolute Gasteiger partial charge is 0.465 e. The Bertz CT molecular complexity index is 923. The van der Waals surface area contributed by atoms with Crippen LogP contribution in [-0.2, 0) is 19.1 Å². The minimum absolute atomic E-state index is 0.0970. The number of esters is 1. The molecule has 3 atom stereocenters. The van der Waals surface area contributed by atoms with Crippen LogP contribution in [0.4, 0.5) is 5.69 Å². The molecule has 0 aromatic heterocycles. The number of hydrogen-bond donors (Lipinski definition) is 0. The Hall–Kier alpha value is -1.63. The fraction of sp³-hybridized carbons (Fsp3) is 0.577. The van der Waals surface area contributed by atoms with Crippen molar-refractivity contribution in [3.8, 4) is 0 Å². The van der Waals surface area contributed by atoms with Gasteiger partial charge in [-0.15, -0.1) is 0 Å². The standard InChI is InChI=1S/C26H32ClNO4S/c1-2-31-26(30)23-24(29)22(33-25(23)28-19-12-8-11-18(27)15-19)16-20-13-14-21(32-20)17-9-6-4-3-5-7-10-17/h8,11-12,15-17,20-21,23H,2-7,9-10,13-14H2,1H3/b22-16-,28-25?. The normalized spacial score (nSPS) is 29.4. The fourth-order valence-corrected chi connectivity index (χ4v) is 6.29. The zero-order valence-electron chi connectivity index (χ0n) is 19.1. The topological polar surface area (TPSA) is 65.0 Å². The van der Waals surface area contributed by atoms with Crippen molar-refractivity contribution in [1.82, 2.24) is 0 Å². The van der Waals surface area contributed by atoms with E-state index in [1.165, 1.54) is 56.7 Å². The summed E-state index contributed by atoms with van der Waals surface area (Å²) in [4.78, 5) is 30.9. The molecular weight excluding hydrogens is 458 g/mol. The van der Waals surface area contributed by atoms with Crippen LogP contribution in [0.15, 0.2) is 40.2 Å². The molecule has 1 aliphatic carbocycles. The number of Topliss-reactive ketones (excluding diaryl/α,β-unsaturated/α-hetero) is 1. The molecular formula is C26H32ClNO4S. The van der Waals surface area contributed by atoms with E-state index in [0.717, 1.165) is 12.8 Å². The highest BCUT2D eigenvalue weighted by Gasteiger charge is 2.43. The van der Waals surface area contributed by atoms with Gasteiger partial charge in [0.15, 0.2) is 11.7 Å². The molecule has 5 nitrogen and oxygen atoms in total. The number of carbonyl (C=O) groups excluding carboxylic acids is 2. The van der Waals surface area contributed by atoms with Gasteiger partial charge in [-0.05, 0) is 62.8 Å². The van der Waals surface area contributed by atoms with Crippen LogP contribution in [0.2, 0.25) is 5.02 Å². The van der Waals surface area contributed by atoms with Gasteiger partial charge >= 0.3 is 5.97 Å². The van der Waals surface area contributed by atoms with Gasteiger partial charge in [0.1, 0.15) is 5.04 Å². The molecule has 2 heterocycles. The molecule has 0 radical (unpaired) electrons. The summed E-state index contributed by atoms with van der Waals surface area (Å²) in [6.45, 7) is 1.95. The number of ether oxygens (including phenoxy) is 2. The van der Waals surface area contributed by atoms with Crippen LogP contribution in [0, 0.1) is 11.8 Å². The molecule has 0 bridgehead atoms. The van der Waals surface area contributed by atoms with Crippen molar-refractivity contribution in [1.29, 1.82) is 0 Å². The molecule has 4 rings (SSSR count). The summed E-state index contributed by atoms with van der Waals surface area (Å²) in [6, 6.07) is 7.06. The number of halogens is 1. The van der Waals surface area contributed by atoms with E-state index in [0.29, 0.717) is 26.6 Å². The molecule has 3 unspecified atom stereocenters. The molecule has 7 heteroatoms. The summed E-state index contributed by atoms with van der Waals surface area (Å²) < 4.78 is 11.6. The van der Waals surface area contributed by atoms with Gasteiger partial charge in [0.05, 0.1) is 29.4 Å². The lowest BCUT2D eigenvalue weighted by atomic mass is 9.86. The minimum atomic E-state index is -1.03. The van der Waals surface area contributed by atoms with E-state index >= 15 is 0 Å². The van der Waals surface area contributed by atoms with Gasteiger partial charge in [0.25, 0.3) is 0 Å². The smallest absolute Gasteiger partial charge is 0.323 e. The highest BCUT2D eigenvalue weighted by molar-refractivity contribution is 8.19. The van der Waals surface area contributed by atoms with Crippen molar-refractivity contribution in [3.63, 3.8) is 0 Å². The van der Waals surface area contributed by atoms with Gasteiger partial charge in [-0.3, -0.25) is 9.59 Å². The van der Waals surface area contributed by atoms with Crippen LogP contribution >= 0.6 is 23.4 Å². The zero-order chi connectivity index (χ0) is 23.2. The Kier molecular flexibility index (Phi) is 8.67. The molecule has 0 spiro atoms. The number of carbonyl (C=O) groups is 2. The van der Waals surface area contributed by atoms with E-state index in [9.17, 15) is 9.59 Å². The summed E-state index contributed by atoms with van der Waals surface area (Å²) in [5.41, 5.74) is 0.606. The summed E-state index contributed by atoms with van der Waals surface area (Å²) >= 11 is 7.33. The third-order valence-corrected chi connectivity index (χ3v) is 7.96. The molecule has 1 aromatic carbocycles. The van der Waals surface area contributed by atoms with Crippen molar-refractivity contribution in [2.24, 2.45) is 16.8 Å². The Morgan fingerprint density at radius 3 is 2.67 bits per heavy atom. The van der Waals surface area contributed by atoms with Crippen LogP contribution in [-0.4, -0.2) is 35.6 Å². The van der Waals surface area contributed by atoms with Crippen LogP contribution in [0.5, 0.6) is 0 Å². The molecule has 1 saturated carbocycles. The monoisotopic (exact) mass is 489 g/mol. The highest BCUT2D eigenvalue weighted by Crippen LogP contribution is 2.40. The predicted octanol–water partition coefficient (Wildman–Crippen LogP) is 6.66. The molecule has 3 fully saturated rings. The van der Waals surface area contributed by atoms with Crippen LogP contribution in [0.25, 0.3) is 0 Å².